The van der Waals surface area contributed by atoms with Gasteiger partial charge < -0.3 is 4.74 Å². The van der Waals surface area contributed by atoms with Crippen molar-refractivity contribution >= 4 is 17.3 Å². The van der Waals surface area contributed by atoms with Gasteiger partial charge in [-0.2, -0.15) is 0 Å². The van der Waals surface area contributed by atoms with Gasteiger partial charge in [0.15, 0.2) is 17.3 Å². The van der Waals surface area contributed by atoms with Gasteiger partial charge >= 0.3 is 0 Å². The van der Waals surface area contributed by atoms with E-state index in [1.165, 1.54) is 12.2 Å². The zero-order chi connectivity index (χ0) is 20.2. The summed E-state index contributed by atoms with van der Waals surface area (Å²) in [4.78, 5) is 34.7. The van der Waals surface area contributed by atoms with Gasteiger partial charge in [-0.25, -0.2) is 0 Å². The molecule has 0 aromatic heterocycles. The van der Waals surface area contributed by atoms with Gasteiger partial charge in [0, 0.05) is 11.1 Å². The third-order valence-corrected chi connectivity index (χ3v) is 4.92. The number of hydrogen-bond acceptors (Lipinski definition) is 4. The Kier molecular flexibility index (Phi) is 5.16. The maximum Gasteiger partial charge on any atom is 0.186 e. The second-order valence-electron chi connectivity index (χ2n) is 6.74. The van der Waals surface area contributed by atoms with Crippen molar-refractivity contribution in [1.29, 1.82) is 0 Å². The lowest BCUT2D eigenvalue weighted by Gasteiger charge is -2.24. The van der Waals surface area contributed by atoms with Crippen LogP contribution in [0.25, 0.3) is 0 Å². The molecule has 1 aliphatic carbocycles. The molecule has 0 radical (unpaired) electrons. The molecule has 0 amide bonds. The first kappa shape index (κ1) is 18.6. The number of fused-ring (bicyclic) bond motifs is 2. The summed E-state index contributed by atoms with van der Waals surface area (Å²) in [6, 6.07) is 24.0. The third-order valence-electron chi connectivity index (χ3n) is 4.92. The van der Waals surface area contributed by atoms with E-state index in [1.807, 2.05) is 54.6 Å². The van der Waals surface area contributed by atoms with E-state index in [1.54, 1.807) is 24.3 Å². The van der Waals surface area contributed by atoms with Gasteiger partial charge in [0.1, 0.15) is 12.4 Å². The number of ketones is 3. The topological polar surface area (TPSA) is 60.4 Å². The number of allylic oxidation sites excluding steroid dienone is 2. The minimum atomic E-state index is -0.175. The number of benzene rings is 3. The molecule has 0 fully saturated rings. The van der Waals surface area contributed by atoms with Gasteiger partial charge in [-0.1, -0.05) is 66.7 Å². The quantitative estimate of drug-likeness (QED) is 0.614. The predicted octanol–water partition coefficient (Wildman–Crippen LogP) is 4.67. The van der Waals surface area contributed by atoms with Gasteiger partial charge in [-0.3, -0.25) is 14.4 Å². The number of carbonyl (C=O) groups excluding carboxylic acids is 3. The van der Waals surface area contributed by atoms with Crippen molar-refractivity contribution in [2.24, 2.45) is 0 Å². The van der Waals surface area contributed by atoms with Gasteiger partial charge in [0.2, 0.25) is 0 Å². The molecule has 3 aromatic carbocycles. The fourth-order valence-electron chi connectivity index (χ4n) is 3.41. The molecule has 0 saturated carbocycles. The molecule has 1 aliphatic heterocycles. The first-order valence-corrected chi connectivity index (χ1v) is 9.32. The molecule has 4 heteroatoms. The van der Waals surface area contributed by atoms with Crippen molar-refractivity contribution in [3.8, 4) is 5.75 Å². The largest absolute Gasteiger partial charge is 0.492 e. The van der Waals surface area contributed by atoms with Gasteiger partial charge in [0.05, 0.1) is 11.5 Å². The molecule has 29 heavy (non-hydrogen) atoms. The van der Waals surface area contributed by atoms with Crippen LogP contribution < -0.4 is 4.74 Å². The SMILES string of the molecule is O=C1C=CC(=O)c2ccccc21.O=C1c2ccccc2OCC1c1ccccc1. The van der Waals surface area contributed by atoms with E-state index in [-0.39, 0.29) is 23.3 Å². The monoisotopic (exact) mass is 382 g/mol. The highest BCUT2D eigenvalue weighted by Crippen LogP contribution is 2.31. The van der Waals surface area contributed by atoms with Crippen molar-refractivity contribution in [2.75, 3.05) is 6.61 Å². The molecule has 5 rings (SSSR count). The Morgan fingerprint density at radius 2 is 1.14 bits per heavy atom. The summed E-state index contributed by atoms with van der Waals surface area (Å²) in [5.41, 5.74) is 2.72. The molecular weight excluding hydrogens is 364 g/mol. The van der Waals surface area contributed by atoms with Gasteiger partial charge in [0.25, 0.3) is 0 Å². The molecule has 1 atom stereocenters. The van der Waals surface area contributed by atoms with Crippen LogP contribution in [0.4, 0.5) is 0 Å². The summed E-state index contributed by atoms with van der Waals surface area (Å²) in [6.07, 6.45) is 2.62. The van der Waals surface area contributed by atoms with E-state index in [4.69, 9.17) is 4.74 Å². The highest BCUT2D eigenvalue weighted by molar-refractivity contribution is 6.21. The maximum atomic E-state index is 12.3. The first-order chi connectivity index (χ1) is 14.1. The lowest BCUT2D eigenvalue weighted by atomic mass is 9.89. The Bertz CT molecular complexity index is 1080. The average Bonchev–Trinajstić information content (AvgIpc) is 2.78. The van der Waals surface area contributed by atoms with Crippen LogP contribution in [0.1, 0.15) is 42.6 Å². The fraction of sp³-hybridized carbons (Fsp3) is 0.0800. The van der Waals surface area contributed by atoms with Crippen LogP contribution in [-0.4, -0.2) is 24.0 Å². The number of hydrogen-bond donors (Lipinski definition) is 0. The Morgan fingerprint density at radius 3 is 1.76 bits per heavy atom. The number of carbonyl (C=O) groups is 3. The minimum Gasteiger partial charge on any atom is -0.492 e. The maximum absolute atomic E-state index is 12.3. The Labute approximate surface area is 168 Å². The van der Waals surface area contributed by atoms with Gasteiger partial charge in [-0.15, -0.1) is 0 Å². The van der Waals surface area contributed by atoms with Crippen molar-refractivity contribution in [3.05, 3.63) is 113 Å². The molecule has 0 bridgehead atoms. The van der Waals surface area contributed by atoms with Crippen molar-refractivity contribution in [3.63, 3.8) is 0 Å². The van der Waals surface area contributed by atoms with Crippen LogP contribution in [0, 0.1) is 0 Å². The molecule has 0 spiro atoms. The van der Waals surface area contributed by atoms with Crippen molar-refractivity contribution in [2.45, 2.75) is 5.92 Å². The Hall–Kier alpha value is -3.79. The smallest absolute Gasteiger partial charge is 0.186 e. The van der Waals surface area contributed by atoms with Crippen LogP contribution in [0.5, 0.6) is 5.75 Å². The predicted molar refractivity (Wildman–Crippen MR) is 110 cm³/mol. The van der Waals surface area contributed by atoms with Crippen molar-refractivity contribution < 1.29 is 19.1 Å². The summed E-state index contributed by atoms with van der Waals surface area (Å²) in [5.74, 6) is 0.490. The molecule has 0 N–H and O–H groups in total. The van der Waals surface area contributed by atoms with E-state index in [0.29, 0.717) is 29.0 Å². The standard InChI is InChI=1S/C15H12O2.C10H6O2/c16-15-12-8-4-5-9-14(12)17-10-13(15)11-6-2-1-3-7-11;11-9-5-6-10(12)8-4-2-1-3-7(8)9/h1-9,13H,10H2;1-6H. The van der Waals surface area contributed by atoms with Crippen LogP contribution in [0.2, 0.25) is 0 Å². The van der Waals surface area contributed by atoms with E-state index in [0.717, 1.165) is 5.56 Å². The molecule has 1 heterocycles. The average molecular weight is 382 g/mol. The van der Waals surface area contributed by atoms with Gasteiger partial charge in [-0.05, 0) is 29.8 Å². The summed E-state index contributed by atoms with van der Waals surface area (Å²) in [6.45, 7) is 0.430. The summed E-state index contributed by atoms with van der Waals surface area (Å²) in [5, 5.41) is 0. The van der Waals surface area contributed by atoms with Crippen LogP contribution >= 0.6 is 0 Å². The highest BCUT2D eigenvalue weighted by atomic mass is 16.5. The molecular formula is C25H18O4. The Morgan fingerprint density at radius 1 is 0.621 bits per heavy atom. The second kappa shape index (κ2) is 8.07. The zero-order valence-corrected chi connectivity index (χ0v) is 15.6. The van der Waals surface area contributed by atoms with E-state index in [9.17, 15) is 14.4 Å². The highest BCUT2D eigenvalue weighted by Gasteiger charge is 2.29. The number of ether oxygens (including phenoxy) is 1. The Balaban J connectivity index is 0.000000150. The number of para-hydroxylation sites is 1. The molecule has 142 valence electrons. The third kappa shape index (κ3) is 3.78. The number of Topliss-reactive ketones (excluding diaryl/α,β-unsaturated/α-hetero) is 1. The summed E-state index contributed by atoms with van der Waals surface area (Å²) < 4.78 is 5.64. The second-order valence-corrected chi connectivity index (χ2v) is 6.74. The number of rotatable bonds is 1. The molecule has 2 aliphatic rings. The lowest BCUT2D eigenvalue weighted by Crippen LogP contribution is -2.25. The minimum absolute atomic E-state index is 0.0924. The van der Waals surface area contributed by atoms with E-state index >= 15 is 0 Å². The van der Waals surface area contributed by atoms with Crippen LogP contribution in [-0.2, 0) is 0 Å². The fourth-order valence-corrected chi connectivity index (χ4v) is 3.41. The molecule has 3 aromatic rings. The summed E-state index contributed by atoms with van der Waals surface area (Å²) in [7, 11) is 0. The molecule has 4 nitrogen and oxygen atoms in total. The lowest BCUT2D eigenvalue weighted by molar-refractivity contribution is 0.0895. The van der Waals surface area contributed by atoms with E-state index in [2.05, 4.69) is 0 Å². The summed E-state index contributed by atoms with van der Waals surface area (Å²) >= 11 is 0. The first-order valence-electron chi connectivity index (χ1n) is 9.32. The van der Waals surface area contributed by atoms with Crippen LogP contribution in [0.15, 0.2) is 91.0 Å². The molecule has 0 saturated heterocycles. The van der Waals surface area contributed by atoms with Crippen LogP contribution in [0.3, 0.4) is 0 Å². The van der Waals surface area contributed by atoms with E-state index < -0.39 is 0 Å². The molecule has 1 unspecified atom stereocenters. The normalized spacial score (nSPS) is 16.8. The van der Waals surface area contributed by atoms with Crippen molar-refractivity contribution in [1.82, 2.24) is 0 Å². The zero-order valence-electron chi connectivity index (χ0n) is 15.6.